The third kappa shape index (κ3) is 4.10. The van der Waals surface area contributed by atoms with E-state index in [9.17, 15) is 4.79 Å². The molecule has 0 aliphatic carbocycles. The normalized spacial score (nSPS) is 17.2. The fourth-order valence-electron chi connectivity index (χ4n) is 3.79. The molecule has 3 aromatic rings. The van der Waals surface area contributed by atoms with Crippen molar-refractivity contribution in [2.45, 2.75) is 12.8 Å². The molecule has 2 aliphatic heterocycles. The summed E-state index contributed by atoms with van der Waals surface area (Å²) in [6.45, 7) is 8.00. The molecule has 0 spiro atoms. The summed E-state index contributed by atoms with van der Waals surface area (Å²) in [6.07, 6.45) is 2.59. The molecule has 5 rings (SSSR count). The molecule has 2 aromatic carbocycles. The maximum Gasteiger partial charge on any atom is 0.195 e. The molecule has 6 heteroatoms. The van der Waals surface area contributed by atoms with E-state index in [4.69, 9.17) is 9.47 Å². The van der Waals surface area contributed by atoms with Crippen molar-refractivity contribution in [1.29, 1.82) is 0 Å². The smallest absolute Gasteiger partial charge is 0.195 e. The second-order valence-electron chi connectivity index (χ2n) is 7.83. The predicted octanol–water partition coefficient (Wildman–Crippen LogP) is 3.58. The van der Waals surface area contributed by atoms with E-state index in [0.717, 1.165) is 44.8 Å². The quantitative estimate of drug-likeness (QED) is 0.531. The van der Waals surface area contributed by atoms with Crippen LogP contribution < -0.4 is 14.9 Å². The fourth-order valence-corrected chi connectivity index (χ4v) is 4.92. The van der Waals surface area contributed by atoms with Gasteiger partial charge in [-0.1, -0.05) is 0 Å². The van der Waals surface area contributed by atoms with Crippen molar-refractivity contribution < 1.29 is 9.47 Å². The molecule has 2 aliphatic rings. The summed E-state index contributed by atoms with van der Waals surface area (Å²) in [6, 6.07) is 11.6. The lowest BCUT2D eigenvalue weighted by Crippen LogP contribution is -2.39. The number of likely N-dealkylation sites (tertiary alicyclic amines) is 2. The number of benzene rings is 2. The summed E-state index contributed by atoms with van der Waals surface area (Å²) in [7, 11) is 0. The Bertz CT molecular complexity index is 992. The van der Waals surface area contributed by atoms with Crippen LogP contribution >= 0.6 is 11.3 Å². The van der Waals surface area contributed by atoms with Gasteiger partial charge in [-0.15, -0.1) is 11.3 Å². The molecule has 2 fully saturated rings. The average molecular weight is 411 g/mol. The molecule has 5 nitrogen and oxygen atoms in total. The van der Waals surface area contributed by atoms with Crippen LogP contribution in [0.5, 0.6) is 11.5 Å². The lowest BCUT2D eigenvalue weighted by molar-refractivity contribution is 0.147. The van der Waals surface area contributed by atoms with Crippen molar-refractivity contribution in [3.05, 3.63) is 46.6 Å². The monoisotopic (exact) mass is 410 g/mol. The van der Waals surface area contributed by atoms with Gasteiger partial charge in [-0.3, -0.25) is 14.6 Å². The van der Waals surface area contributed by atoms with Gasteiger partial charge in [0.2, 0.25) is 0 Å². The van der Waals surface area contributed by atoms with Crippen LogP contribution in [0.2, 0.25) is 0 Å². The van der Waals surface area contributed by atoms with Gasteiger partial charge in [0.1, 0.15) is 24.7 Å². The second-order valence-corrected chi connectivity index (χ2v) is 8.92. The van der Waals surface area contributed by atoms with Crippen molar-refractivity contribution in [3.63, 3.8) is 0 Å². The Hall–Kier alpha value is -2.15. The number of ether oxygens (including phenoxy) is 2. The third-order valence-corrected chi connectivity index (χ3v) is 6.98. The van der Waals surface area contributed by atoms with Crippen molar-refractivity contribution in [3.8, 4) is 11.5 Å². The second kappa shape index (κ2) is 8.30. The highest BCUT2D eigenvalue weighted by molar-refractivity contribution is 7.24. The number of nitrogens with zero attached hydrogens (tertiary/aromatic N) is 2. The SMILES string of the molecule is O=c1c2ccc(OCCN3CCC3)cc2sc2cc(OCCN3CCC3)ccc12. The first-order chi connectivity index (χ1) is 14.3. The third-order valence-electron chi connectivity index (χ3n) is 5.87. The Morgan fingerprint density at radius 1 is 0.759 bits per heavy atom. The van der Waals surface area contributed by atoms with Crippen molar-refractivity contribution in [2.75, 3.05) is 52.5 Å². The highest BCUT2D eigenvalue weighted by Crippen LogP contribution is 2.30. The van der Waals surface area contributed by atoms with Crippen LogP contribution in [0.3, 0.4) is 0 Å². The van der Waals surface area contributed by atoms with Crippen LogP contribution in [0.25, 0.3) is 20.2 Å². The topological polar surface area (TPSA) is 42.0 Å². The van der Waals surface area contributed by atoms with E-state index in [1.807, 2.05) is 36.4 Å². The predicted molar refractivity (Wildman–Crippen MR) is 119 cm³/mol. The largest absolute Gasteiger partial charge is 0.492 e. The van der Waals surface area contributed by atoms with Gasteiger partial charge in [0.05, 0.1) is 0 Å². The molecule has 2 saturated heterocycles. The zero-order valence-corrected chi connectivity index (χ0v) is 17.4. The molecule has 0 unspecified atom stereocenters. The van der Waals surface area contributed by atoms with Gasteiger partial charge in [-0.2, -0.15) is 0 Å². The molecule has 29 heavy (non-hydrogen) atoms. The molecular weight excluding hydrogens is 384 g/mol. The van der Waals surface area contributed by atoms with Crippen LogP contribution in [0.1, 0.15) is 12.8 Å². The first-order valence-corrected chi connectivity index (χ1v) is 11.3. The van der Waals surface area contributed by atoms with E-state index < -0.39 is 0 Å². The molecule has 1 aromatic heterocycles. The summed E-state index contributed by atoms with van der Waals surface area (Å²) >= 11 is 1.62. The number of hydrogen-bond donors (Lipinski definition) is 0. The van der Waals surface area contributed by atoms with Crippen LogP contribution in [0, 0.1) is 0 Å². The van der Waals surface area contributed by atoms with Gasteiger partial charge in [0.25, 0.3) is 0 Å². The van der Waals surface area contributed by atoms with Gasteiger partial charge < -0.3 is 9.47 Å². The summed E-state index contributed by atoms with van der Waals surface area (Å²) < 4.78 is 13.8. The average Bonchev–Trinajstić information content (AvgIpc) is 2.65. The van der Waals surface area contributed by atoms with E-state index in [1.165, 1.54) is 39.0 Å². The van der Waals surface area contributed by atoms with Gasteiger partial charge >= 0.3 is 0 Å². The zero-order chi connectivity index (χ0) is 19.6. The minimum atomic E-state index is 0.0769. The maximum absolute atomic E-state index is 12.9. The lowest BCUT2D eigenvalue weighted by Gasteiger charge is -2.30. The van der Waals surface area contributed by atoms with E-state index in [1.54, 1.807) is 11.3 Å². The summed E-state index contributed by atoms with van der Waals surface area (Å²) in [4.78, 5) is 17.7. The standard InChI is InChI=1S/C23H26N2O3S/c26-23-19-5-3-17(27-13-11-24-7-1-8-24)15-21(19)29-22-16-18(4-6-20(22)23)28-14-12-25-9-2-10-25/h3-6,15-16H,1-2,7-14H2. The van der Waals surface area contributed by atoms with Crippen molar-refractivity contribution in [2.24, 2.45) is 0 Å². The number of rotatable bonds is 8. The molecule has 152 valence electrons. The maximum atomic E-state index is 12.9. The van der Waals surface area contributed by atoms with Crippen LogP contribution in [0.4, 0.5) is 0 Å². The van der Waals surface area contributed by atoms with Gasteiger partial charge in [-0.05, 0) is 75.4 Å². The Morgan fingerprint density at radius 2 is 1.24 bits per heavy atom. The van der Waals surface area contributed by atoms with E-state index in [0.29, 0.717) is 13.2 Å². The highest BCUT2D eigenvalue weighted by atomic mass is 32.1. The molecule has 3 heterocycles. The van der Waals surface area contributed by atoms with E-state index in [-0.39, 0.29) is 5.43 Å². The van der Waals surface area contributed by atoms with Gasteiger partial charge in [0, 0.05) is 33.3 Å². The Balaban J connectivity index is 1.34. The molecule has 0 atom stereocenters. The number of hydrogen-bond acceptors (Lipinski definition) is 6. The molecule has 0 radical (unpaired) electrons. The van der Waals surface area contributed by atoms with Gasteiger partial charge in [0.15, 0.2) is 5.43 Å². The van der Waals surface area contributed by atoms with Crippen molar-refractivity contribution in [1.82, 2.24) is 9.80 Å². The highest BCUT2D eigenvalue weighted by Gasteiger charge is 2.14. The summed E-state index contributed by atoms with van der Waals surface area (Å²) in [5, 5.41) is 1.51. The van der Waals surface area contributed by atoms with Crippen LogP contribution in [-0.2, 0) is 0 Å². The molecular formula is C23H26N2O3S. The number of fused-ring (bicyclic) bond motifs is 2. The lowest BCUT2D eigenvalue weighted by atomic mass is 10.2. The minimum absolute atomic E-state index is 0.0769. The first-order valence-electron chi connectivity index (χ1n) is 10.5. The molecule has 0 N–H and O–H groups in total. The summed E-state index contributed by atoms with van der Waals surface area (Å²) in [5.74, 6) is 1.66. The Morgan fingerprint density at radius 3 is 1.66 bits per heavy atom. The molecule has 0 bridgehead atoms. The first kappa shape index (κ1) is 18.9. The molecule has 0 saturated carbocycles. The van der Waals surface area contributed by atoms with E-state index >= 15 is 0 Å². The fraction of sp³-hybridized carbons (Fsp3) is 0.435. The molecule has 0 amide bonds. The van der Waals surface area contributed by atoms with Gasteiger partial charge in [-0.25, -0.2) is 0 Å². The zero-order valence-electron chi connectivity index (χ0n) is 16.6. The Labute approximate surface area is 174 Å². The Kier molecular flexibility index (Phi) is 5.40. The van der Waals surface area contributed by atoms with Crippen LogP contribution in [0.15, 0.2) is 41.2 Å². The van der Waals surface area contributed by atoms with E-state index in [2.05, 4.69) is 9.80 Å². The van der Waals surface area contributed by atoms with Crippen LogP contribution in [-0.4, -0.2) is 62.3 Å². The minimum Gasteiger partial charge on any atom is -0.492 e. The summed E-state index contributed by atoms with van der Waals surface area (Å²) in [5.41, 5.74) is 0.0769. The van der Waals surface area contributed by atoms with Crippen molar-refractivity contribution >= 4 is 31.5 Å².